The van der Waals surface area contributed by atoms with E-state index in [4.69, 9.17) is 0 Å². The van der Waals surface area contributed by atoms with Crippen LogP contribution in [0.5, 0.6) is 5.88 Å². The first-order valence-electron chi connectivity index (χ1n) is 5.89. The number of hydrogen-bond acceptors (Lipinski definition) is 5. The zero-order valence-corrected chi connectivity index (χ0v) is 11.3. The highest BCUT2D eigenvalue weighted by molar-refractivity contribution is 7.10. The molecule has 0 saturated carbocycles. The van der Waals surface area contributed by atoms with Crippen molar-refractivity contribution < 1.29 is 9.90 Å². The van der Waals surface area contributed by atoms with Gasteiger partial charge in [0.05, 0.1) is 10.6 Å². The topological polar surface area (TPSA) is 71.7 Å². The minimum Gasteiger partial charge on any atom is -0.493 e. The predicted octanol–water partition coefficient (Wildman–Crippen LogP) is 2.53. The molecule has 0 atom stereocenters. The normalized spacial score (nSPS) is 14.8. The number of rotatable bonds is 1. The summed E-state index contributed by atoms with van der Waals surface area (Å²) in [5, 5.41) is 9.95. The Balaban J connectivity index is 2.12. The third kappa shape index (κ3) is 1.90. The quantitative estimate of drug-likeness (QED) is 0.875. The molecule has 0 fully saturated rings. The SMILES string of the molecule is CC(=O)n1c(O)c(/C=C2\C=Nc3ccccc32)sc1=O. The maximum absolute atomic E-state index is 11.7. The van der Waals surface area contributed by atoms with Gasteiger partial charge in [-0.05, 0) is 12.1 Å². The molecule has 1 aliphatic heterocycles. The lowest BCUT2D eigenvalue weighted by molar-refractivity contribution is 0.0925. The zero-order chi connectivity index (χ0) is 14.3. The fourth-order valence-corrected chi connectivity index (χ4v) is 2.91. The highest BCUT2D eigenvalue weighted by Crippen LogP contribution is 2.34. The van der Waals surface area contributed by atoms with Crippen LogP contribution in [0.25, 0.3) is 11.6 Å². The predicted molar refractivity (Wildman–Crippen MR) is 79.0 cm³/mol. The Morgan fingerprint density at radius 3 is 2.85 bits per heavy atom. The number of benzene rings is 1. The molecule has 1 aromatic heterocycles. The van der Waals surface area contributed by atoms with Crippen LogP contribution in [-0.2, 0) is 0 Å². The molecule has 0 bridgehead atoms. The summed E-state index contributed by atoms with van der Waals surface area (Å²) >= 11 is 0.829. The smallest absolute Gasteiger partial charge is 0.317 e. The van der Waals surface area contributed by atoms with Crippen LogP contribution in [0.2, 0.25) is 0 Å². The van der Waals surface area contributed by atoms with Crippen molar-refractivity contribution in [1.29, 1.82) is 0 Å². The van der Waals surface area contributed by atoms with Gasteiger partial charge >= 0.3 is 4.87 Å². The van der Waals surface area contributed by atoms with E-state index in [0.717, 1.165) is 32.7 Å². The Hall–Kier alpha value is -2.47. The van der Waals surface area contributed by atoms with Crippen molar-refractivity contribution in [3.05, 3.63) is 44.4 Å². The summed E-state index contributed by atoms with van der Waals surface area (Å²) in [5.74, 6) is -0.827. The Bertz CT molecular complexity index is 827. The molecule has 100 valence electrons. The van der Waals surface area contributed by atoms with Gasteiger partial charge in [0.1, 0.15) is 0 Å². The zero-order valence-electron chi connectivity index (χ0n) is 10.5. The minimum absolute atomic E-state index is 0.321. The molecule has 1 aliphatic rings. The third-order valence-corrected chi connectivity index (χ3v) is 3.85. The molecule has 0 radical (unpaired) electrons. The van der Waals surface area contributed by atoms with Crippen LogP contribution in [0.4, 0.5) is 5.69 Å². The van der Waals surface area contributed by atoms with Crippen molar-refractivity contribution >= 4 is 40.8 Å². The number of aliphatic imine (C=N–C) groups is 1. The second-order valence-corrected chi connectivity index (χ2v) is 5.28. The van der Waals surface area contributed by atoms with Crippen LogP contribution < -0.4 is 4.87 Å². The average Bonchev–Trinajstić information content (AvgIpc) is 2.93. The van der Waals surface area contributed by atoms with Gasteiger partial charge in [0.15, 0.2) is 0 Å². The second kappa shape index (κ2) is 4.57. The van der Waals surface area contributed by atoms with Gasteiger partial charge in [-0.2, -0.15) is 0 Å². The molecular formula is C14H10N2O3S. The molecular weight excluding hydrogens is 276 g/mol. The van der Waals surface area contributed by atoms with E-state index >= 15 is 0 Å². The van der Waals surface area contributed by atoms with Gasteiger partial charge < -0.3 is 5.11 Å². The number of carbonyl (C=O) groups is 1. The standard InChI is InChI=1S/C14H10N2O3S/c1-8(17)16-13(18)12(20-14(16)19)6-9-7-15-11-5-3-2-4-10(9)11/h2-7,18H,1H3/b9-6+. The third-order valence-electron chi connectivity index (χ3n) is 2.97. The molecule has 5 nitrogen and oxygen atoms in total. The van der Waals surface area contributed by atoms with Crippen LogP contribution in [0.1, 0.15) is 22.2 Å². The summed E-state index contributed by atoms with van der Waals surface area (Å²) in [6.45, 7) is 1.23. The highest BCUT2D eigenvalue weighted by Gasteiger charge is 2.17. The molecule has 2 aromatic rings. The van der Waals surface area contributed by atoms with E-state index in [0.29, 0.717) is 4.88 Å². The number of aromatic hydroxyl groups is 1. The van der Waals surface area contributed by atoms with Crippen LogP contribution in [0, 0.1) is 0 Å². The summed E-state index contributed by atoms with van der Waals surface area (Å²) in [5.41, 5.74) is 2.58. The maximum atomic E-state index is 11.7. The Morgan fingerprint density at radius 2 is 2.15 bits per heavy atom. The fourth-order valence-electron chi connectivity index (χ4n) is 2.05. The molecule has 2 heterocycles. The largest absolute Gasteiger partial charge is 0.493 e. The van der Waals surface area contributed by atoms with E-state index in [-0.39, 0.29) is 5.88 Å². The van der Waals surface area contributed by atoms with Gasteiger partial charge in [0.2, 0.25) is 11.8 Å². The number of hydrogen-bond donors (Lipinski definition) is 1. The first-order valence-corrected chi connectivity index (χ1v) is 6.70. The Labute approximate surface area is 118 Å². The number of thiazole rings is 1. The van der Waals surface area contributed by atoms with Crippen molar-refractivity contribution in [3.63, 3.8) is 0 Å². The van der Waals surface area contributed by atoms with Crippen molar-refractivity contribution in [2.45, 2.75) is 6.92 Å². The Kier molecular flexibility index (Phi) is 2.87. The molecule has 6 heteroatoms. The van der Waals surface area contributed by atoms with Gasteiger partial charge in [-0.3, -0.25) is 14.6 Å². The van der Waals surface area contributed by atoms with Crippen LogP contribution in [0.3, 0.4) is 0 Å². The van der Waals surface area contributed by atoms with E-state index in [1.807, 2.05) is 24.3 Å². The van der Waals surface area contributed by atoms with Gasteiger partial charge in [-0.1, -0.05) is 29.5 Å². The Morgan fingerprint density at radius 1 is 1.40 bits per heavy atom. The van der Waals surface area contributed by atoms with Crippen molar-refractivity contribution in [1.82, 2.24) is 4.57 Å². The molecule has 0 aliphatic carbocycles. The summed E-state index contributed by atoms with van der Waals surface area (Å²) in [6, 6.07) is 7.58. The first-order chi connectivity index (χ1) is 9.58. The van der Waals surface area contributed by atoms with Gasteiger partial charge in [0, 0.05) is 24.3 Å². The molecule has 20 heavy (non-hydrogen) atoms. The molecule has 0 unspecified atom stereocenters. The minimum atomic E-state index is -0.506. The number of carbonyl (C=O) groups excluding carboxylic acids is 1. The average molecular weight is 286 g/mol. The van der Waals surface area contributed by atoms with Crippen molar-refractivity contribution in [3.8, 4) is 5.88 Å². The van der Waals surface area contributed by atoms with Crippen molar-refractivity contribution in [2.24, 2.45) is 4.99 Å². The van der Waals surface area contributed by atoms with E-state index in [1.54, 1.807) is 12.3 Å². The first kappa shape index (κ1) is 12.6. The van der Waals surface area contributed by atoms with Crippen LogP contribution in [-0.4, -0.2) is 21.8 Å². The summed E-state index contributed by atoms with van der Waals surface area (Å²) < 4.78 is 0.759. The lowest BCUT2D eigenvalue weighted by Gasteiger charge is -1.99. The lowest BCUT2D eigenvalue weighted by atomic mass is 10.1. The number of aromatic nitrogens is 1. The number of nitrogens with zero attached hydrogens (tertiary/aromatic N) is 2. The molecule has 0 spiro atoms. The van der Waals surface area contributed by atoms with Crippen LogP contribution >= 0.6 is 11.3 Å². The van der Waals surface area contributed by atoms with E-state index < -0.39 is 10.8 Å². The number of para-hydroxylation sites is 1. The monoisotopic (exact) mass is 286 g/mol. The van der Waals surface area contributed by atoms with Crippen molar-refractivity contribution in [2.75, 3.05) is 0 Å². The van der Waals surface area contributed by atoms with Gasteiger partial charge in [0.25, 0.3) is 0 Å². The summed E-state index contributed by atoms with van der Waals surface area (Å²) in [4.78, 5) is 27.1. The maximum Gasteiger partial charge on any atom is 0.317 e. The van der Waals surface area contributed by atoms with Crippen LogP contribution in [0.15, 0.2) is 34.1 Å². The number of allylic oxidation sites excluding steroid dienone is 1. The van der Waals surface area contributed by atoms with E-state index in [9.17, 15) is 14.7 Å². The molecule has 1 aromatic carbocycles. The lowest BCUT2D eigenvalue weighted by Crippen LogP contribution is -2.17. The highest BCUT2D eigenvalue weighted by atomic mass is 32.1. The van der Waals surface area contributed by atoms with Gasteiger partial charge in [-0.15, -0.1) is 0 Å². The van der Waals surface area contributed by atoms with Gasteiger partial charge in [-0.25, -0.2) is 4.57 Å². The molecule has 3 rings (SSSR count). The van der Waals surface area contributed by atoms with E-state index in [1.165, 1.54) is 6.92 Å². The fraction of sp³-hybridized carbons (Fsp3) is 0.0714. The van der Waals surface area contributed by atoms with E-state index in [2.05, 4.69) is 4.99 Å². The summed E-state index contributed by atoms with van der Waals surface area (Å²) in [7, 11) is 0. The molecule has 0 amide bonds. The second-order valence-electron chi connectivity index (χ2n) is 4.29. The number of fused-ring (bicyclic) bond motifs is 1. The molecule has 0 saturated heterocycles. The summed E-state index contributed by atoms with van der Waals surface area (Å²) in [6.07, 6.45) is 3.34. The molecule has 1 N–H and O–H groups in total.